The first kappa shape index (κ1) is 26.9. The zero-order valence-corrected chi connectivity index (χ0v) is 21.5. The first-order valence-corrected chi connectivity index (χ1v) is 14.5. The van der Waals surface area contributed by atoms with Crippen LogP contribution in [0.4, 0.5) is 0 Å². The molecule has 0 radical (unpaired) electrons. The summed E-state index contributed by atoms with van der Waals surface area (Å²) < 4.78 is 0. The van der Waals surface area contributed by atoms with E-state index in [0.29, 0.717) is 6.54 Å². The number of nitrogens with zero attached hydrogens (tertiary/aromatic N) is 3. The predicted octanol–water partition coefficient (Wildman–Crippen LogP) is 7.29. The molecule has 0 aliphatic rings. The second kappa shape index (κ2) is 14.7. The molecule has 2 aromatic carbocycles. The van der Waals surface area contributed by atoms with Gasteiger partial charge in [-0.05, 0) is 59.5 Å². The average Bonchev–Trinajstić information content (AvgIpc) is 2.84. The van der Waals surface area contributed by atoms with E-state index in [1.165, 1.54) is 25.7 Å². The van der Waals surface area contributed by atoms with Crippen molar-refractivity contribution in [2.45, 2.75) is 83.1 Å². The van der Waals surface area contributed by atoms with Gasteiger partial charge in [-0.3, -0.25) is 0 Å². The molecule has 0 fully saturated rings. The normalized spacial score (nSPS) is 12.1. The summed E-state index contributed by atoms with van der Waals surface area (Å²) in [5, 5.41) is 5.62. The SMILES string of the molecule is CC(C)(CCCCCCC/C=C\CCCCN=[N+]=[N-])[Si](O)(c1ccccc1)c1ccccc1. The van der Waals surface area contributed by atoms with Crippen LogP contribution in [0.5, 0.6) is 0 Å². The highest BCUT2D eigenvalue weighted by atomic mass is 28.4. The molecule has 5 heteroatoms. The summed E-state index contributed by atoms with van der Waals surface area (Å²) in [6.07, 6.45) is 16.0. The Morgan fingerprint density at radius 3 is 1.82 bits per heavy atom. The Morgan fingerprint density at radius 2 is 1.27 bits per heavy atom. The molecule has 0 spiro atoms. The van der Waals surface area contributed by atoms with Crippen LogP contribution in [0.25, 0.3) is 10.4 Å². The highest BCUT2D eigenvalue weighted by Crippen LogP contribution is 2.40. The van der Waals surface area contributed by atoms with Crippen LogP contribution in [0.15, 0.2) is 77.9 Å². The van der Waals surface area contributed by atoms with Gasteiger partial charge in [0.2, 0.25) is 0 Å². The molecule has 2 rings (SSSR count). The van der Waals surface area contributed by atoms with Gasteiger partial charge in [0.25, 0.3) is 8.32 Å². The zero-order valence-electron chi connectivity index (χ0n) is 20.5. The Labute approximate surface area is 201 Å². The molecule has 0 aromatic heterocycles. The summed E-state index contributed by atoms with van der Waals surface area (Å²) in [6.45, 7) is 5.13. The molecule has 0 aliphatic heterocycles. The average molecular weight is 464 g/mol. The summed E-state index contributed by atoms with van der Waals surface area (Å²) >= 11 is 0. The minimum Gasteiger partial charge on any atom is -0.424 e. The summed E-state index contributed by atoms with van der Waals surface area (Å²) in [7, 11) is -2.87. The number of allylic oxidation sites excluding steroid dienone is 2. The molecule has 33 heavy (non-hydrogen) atoms. The van der Waals surface area contributed by atoms with Gasteiger partial charge in [0.15, 0.2) is 0 Å². The van der Waals surface area contributed by atoms with Gasteiger partial charge in [0.1, 0.15) is 0 Å². The van der Waals surface area contributed by atoms with Crippen LogP contribution in [-0.2, 0) is 0 Å². The highest BCUT2D eigenvalue weighted by Gasteiger charge is 2.49. The van der Waals surface area contributed by atoms with Crippen molar-refractivity contribution in [3.8, 4) is 0 Å². The molecule has 0 aliphatic carbocycles. The lowest BCUT2D eigenvalue weighted by atomic mass is 10.0. The standard InChI is InChI=1S/C28H41N3OSi/c1-28(2,24-18-10-8-6-4-3-5-7-9-11-19-25-30-31-29)33(32,26-20-14-12-15-21-26)27-22-16-13-17-23-27/h5,7,12-17,20-23,32H,3-4,6,8-11,18-19,24-25H2,1-2H3/b7-5-. The minimum absolute atomic E-state index is 0.142. The van der Waals surface area contributed by atoms with E-state index in [9.17, 15) is 4.80 Å². The second-order valence-corrected chi connectivity index (χ2v) is 13.5. The Balaban J connectivity index is 1.75. The van der Waals surface area contributed by atoms with Gasteiger partial charge in [-0.2, -0.15) is 0 Å². The van der Waals surface area contributed by atoms with Crippen LogP contribution < -0.4 is 10.4 Å². The molecule has 0 saturated carbocycles. The Bertz CT molecular complexity index is 822. The van der Waals surface area contributed by atoms with Crippen molar-refractivity contribution >= 4 is 18.7 Å². The minimum atomic E-state index is -2.87. The third-order valence-electron chi connectivity index (χ3n) is 6.64. The molecule has 4 nitrogen and oxygen atoms in total. The van der Waals surface area contributed by atoms with E-state index < -0.39 is 8.32 Å². The van der Waals surface area contributed by atoms with E-state index in [4.69, 9.17) is 5.53 Å². The molecule has 0 atom stereocenters. The molecule has 2 aromatic rings. The lowest BCUT2D eigenvalue weighted by Crippen LogP contribution is -2.65. The smallest absolute Gasteiger partial charge is 0.258 e. The molecule has 0 heterocycles. The fourth-order valence-electron chi connectivity index (χ4n) is 4.57. The van der Waals surface area contributed by atoms with Gasteiger partial charge in [-0.15, -0.1) is 0 Å². The predicted molar refractivity (Wildman–Crippen MR) is 143 cm³/mol. The number of rotatable bonds is 16. The highest BCUT2D eigenvalue weighted by molar-refractivity contribution is 6.98. The fourth-order valence-corrected chi connectivity index (χ4v) is 8.36. The van der Waals surface area contributed by atoms with Crippen LogP contribution in [0.2, 0.25) is 5.04 Å². The molecular formula is C28H41N3OSi. The van der Waals surface area contributed by atoms with E-state index in [1.807, 2.05) is 36.4 Å². The molecular weight excluding hydrogens is 422 g/mol. The van der Waals surface area contributed by atoms with Crippen molar-refractivity contribution in [1.82, 2.24) is 0 Å². The van der Waals surface area contributed by atoms with Gasteiger partial charge in [0, 0.05) is 11.5 Å². The maximum absolute atomic E-state index is 12.2. The van der Waals surface area contributed by atoms with E-state index in [-0.39, 0.29) is 5.04 Å². The van der Waals surface area contributed by atoms with Crippen molar-refractivity contribution in [2.24, 2.45) is 5.11 Å². The molecule has 0 amide bonds. The number of hydrogen-bond donors (Lipinski definition) is 1. The van der Waals surface area contributed by atoms with Gasteiger partial charge in [0.05, 0.1) is 0 Å². The van der Waals surface area contributed by atoms with Crippen molar-refractivity contribution in [3.63, 3.8) is 0 Å². The van der Waals surface area contributed by atoms with E-state index >= 15 is 0 Å². The third kappa shape index (κ3) is 8.51. The lowest BCUT2D eigenvalue weighted by molar-refractivity contribution is 0.446. The third-order valence-corrected chi connectivity index (χ3v) is 11.2. The first-order valence-electron chi connectivity index (χ1n) is 12.5. The summed E-state index contributed by atoms with van der Waals surface area (Å²) in [5.41, 5.74) is 8.25. The number of unbranched alkanes of at least 4 members (excludes halogenated alkanes) is 7. The number of hydrogen-bond acceptors (Lipinski definition) is 2. The number of benzene rings is 2. The Hall–Kier alpha value is -2.33. The van der Waals surface area contributed by atoms with Gasteiger partial charge in [-0.1, -0.05) is 117 Å². The maximum atomic E-state index is 12.2. The van der Waals surface area contributed by atoms with Crippen LogP contribution in [0, 0.1) is 0 Å². The van der Waals surface area contributed by atoms with Crippen LogP contribution in [0.3, 0.4) is 0 Å². The van der Waals surface area contributed by atoms with Gasteiger partial charge in [-0.25, -0.2) is 0 Å². The van der Waals surface area contributed by atoms with Crippen molar-refractivity contribution in [2.75, 3.05) is 6.54 Å². The Morgan fingerprint density at radius 1 is 0.788 bits per heavy atom. The van der Waals surface area contributed by atoms with Crippen molar-refractivity contribution < 1.29 is 4.80 Å². The molecule has 1 N–H and O–H groups in total. The molecule has 0 unspecified atom stereocenters. The molecule has 178 valence electrons. The second-order valence-electron chi connectivity index (χ2n) is 9.55. The molecule has 0 bridgehead atoms. The number of azide groups is 1. The summed E-state index contributed by atoms with van der Waals surface area (Å²) in [5.74, 6) is 0. The van der Waals surface area contributed by atoms with Gasteiger partial charge < -0.3 is 4.80 Å². The Kier molecular flexibility index (Phi) is 12.0. The monoisotopic (exact) mass is 463 g/mol. The van der Waals surface area contributed by atoms with E-state index in [1.54, 1.807) is 0 Å². The molecule has 0 saturated heterocycles. The lowest BCUT2D eigenvalue weighted by Gasteiger charge is -2.41. The van der Waals surface area contributed by atoms with E-state index in [2.05, 4.69) is 60.3 Å². The summed E-state index contributed by atoms with van der Waals surface area (Å²) in [4.78, 5) is 15.0. The first-order chi connectivity index (χ1) is 16.0. The van der Waals surface area contributed by atoms with Crippen LogP contribution in [0.1, 0.15) is 78.1 Å². The van der Waals surface area contributed by atoms with Crippen LogP contribution >= 0.6 is 0 Å². The van der Waals surface area contributed by atoms with Crippen molar-refractivity contribution in [1.29, 1.82) is 0 Å². The quantitative estimate of drug-likeness (QED) is 0.0697. The maximum Gasteiger partial charge on any atom is 0.258 e. The zero-order chi connectivity index (χ0) is 23.8. The van der Waals surface area contributed by atoms with Crippen LogP contribution in [-0.4, -0.2) is 19.7 Å². The van der Waals surface area contributed by atoms with E-state index in [0.717, 1.165) is 48.9 Å². The summed E-state index contributed by atoms with van der Waals surface area (Å²) in [6, 6.07) is 20.7. The van der Waals surface area contributed by atoms with Crippen molar-refractivity contribution in [3.05, 3.63) is 83.3 Å². The van der Waals surface area contributed by atoms with Gasteiger partial charge >= 0.3 is 0 Å². The largest absolute Gasteiger partial charge is 0.424 e. The fraction of sp³-hybridized carbons (Fsp3) is 0.500. The topological polar surface area (TPSA) is 69.0 Å².